The number of benzene rings is 2. The molecule has 0 spiro atoms. The summed E-state index contributed by atoms with van der Waals surface area (Å²) in [5.41, 5.74) is 1.51. The van der Waals surface area contributed by atoms with Crippen molar-refractivity contribution >= 4 is 11.6 Å². The van der Waals surface area contributed by atoms with Gasteiger partial charge in [-0.05, 0) is 37.4 Å². The van der Waals surface area contributed by atoms with Crippen molar-refractivity contribution in [3.63, 3.8) is 0 Å². The van der Waals surface area contributed by atoms with Crippen molar-refractivity contribution in [2.75, 3.05) is 7.05 Å². The van der Waals surface area contributed by atoms with Crippen molar-refractivity contribution in [1.29, 1.82) is 0 Å². The van der Waals surface area contributed by atoms with Crippen molar-refractivity contribution in [3.05, 3.63) is 64.2 Å². The molecule has 2 aromatic rings. The molecule has 2 unspecified atom stereocenters. The quantitative estimate of drug-likeness (QED) is 0.887. The fourth-order valence-corrected chi connectivity index (χ4v) is 2.96. The Morgan fingerprint density at radius 1 is 1.10 bits per heavy atom. The van der Waals surface area contributed by atoms with Gasteiger partial charge in [0.25, 0.3) is 0 Å². The van der Waals surface area contributed by atoms with Gasteiger partial charge in [0.2, 0.25) is 0 Å². The highest BCUT2D eigenvalue weighted by molar-refractivity contribution is 6.31. The summed E-state index contributed by atoms with van der Waals surface area (Å²) in [6, 6.07) is 8.66. The van der Waals surface area contributed by atoms with Crippen LogP contribution in [0.1, 0.15) is 29.7 Å². The lowest BCUT2D eigenvalue weighted by atomic mass is 9.93. The molecule has 2 atom stereocenters. The van der Waals surface area contributed by atoms with Gasteiger partial charge in [0, 0.05) is 23.6 Å². The maximum atomic E-state index is 13.4. The van der Waals surface area contributed by atoms with E-state index in [4.69, 9.17) is 16.3 Å². The van der Waals surface area contributed by atoms with E-state index in [1.807, 2.05) is 7.05 Å². The molecule has 3 rings (SSSR count). The first kappa shape index (κ1) is 14.3. The third-order valence-electron chi connectivity index (χ3n) is 3.72. The second kappa shape index (κ2) is 5.62. The van der Waals surface area contributed by atoms with E-state index >= 15 is 0 Å². The van der Waals surface area contributed by atoms with Crippen molar-refractivity contribution in [1.82, 2.24) is 5.32 Å². The molecule has 1 heterocycles. The molecule has 0 radical (unpaired) electrons. The lowest BCUT2D eigenvalue weighted by Gasteiger charge is -2.32. The molecule has 1 N–H and O–H groups in total. The van der Waals surface area contributed by atoms with Crippen LogP contribution in [0.2, 0.25) is 5.02 Å². The molecule has 0 saturated carbocycles. The first-order chi connectivity index (χ1) is 10.1. The molecule has 0 aliphatic carbocycles. The van der Waals surface area contributed by atoms with Crippen molar-refractivity contribution < 1.29 is 13.5 Å². The highest BCUT2D eigenvalue weighted by Crippen LogP contribution is 2.42. The van der Waals surface area contributed by atoms with E-state index in [1.54, 1.807) is 12.1 Å². The van der Waals surface area contributed by atoms with Crippen LogP contribution in [0.15, 0.2) is 36.4 Å². The standard InChI is InChI=1S/C16H14ClF2NO/c1-20-14-8-16(11-4-2-10(19)7-13(11)17)21-15-5-3-9(18)6-12(14)15/h2-7,14,16,20H,8H2,1H3. The van der Waals surface area contributed by atoms with E-state index in [-0.39, 0.29) is 23.8 Å². The zero-order valence-electron chi connectivity index (χ0n) is 11.4. The fraction of sp³-hybridized carbons (Fsp3) is 0.250. The molecular weight excluding hydrogens is 296 g/mol. The minimum atomic E-state index is -0.382. The summed E-state index contributed by atoms with van der Waals surface area (Å²) >= 11 is 6.11. The molecule has 5 heteroatoms. The molecule has 0 amide bonds. The van der Waals surface area contributed by atoms with Gasteiger partial charge in [0.05, 0.1) is 5.02 Å². The van der Waals surface area contributed by atoms with Gasteiger partial charge in [-0.3, -0.25) is 0 Å². The number of ether oxygens (including phenoxy) is 1. The van der Waals surface area contributed by atoms with Gasteiger partial charge in [0.1, 0.15) is 23.5 Å². The number of rotatable bonds is 2. The molecule has 2 aromatic carbocycles. The van der Waals surface area contributed by atoms with E-state index in [9.17, 15) is 8.78 Å². The highest BCUT2D eigenvalue weighted by atomic mass is 35.5. The molecule has 0 bridgehead atoms. The average molecular weight is 310 g/mol. The summed E-state index contributed by atoms with van der Waals surface area (Å²) in [6.45, 7) is 0. The van der Waals surface area contributed by atoms with Crippen LogP contribution in [0.25, 0.3) is 0 Å². The van der Waals surface area contributed by atoms with Gasteiger partial charge in [-0.1, -0.05) is 17.7 Å². The van der Waals surface area contributed by atoms with Crippen LogP contribution in [0, 0.1) is 11.6 Å². The van der Waals surface area contributed by atoms with Crippen molar-refractivity contribution in [3.8, 4) is 5.75 Å². The number of nitrogens with one attached hydrogen (secondary N) is 1. The Hall–Kier alpha value is -1.65. The Kier molecular flexibility index (Phi) is 3.83. The average Bonchev–Trinajstić information content (AvgIpc) is 2.46. The number of fused-ring (bicyclic) bond motifs is 1. The van der Waals surface area contributed by atoms with E-state index < -0.39 is 0 Å². The summed E-state index contributed by atoms with van der Waals surface area (Å²) in [7, 11) is 1.81. The van der Waals surface area contributed by atoms with Gasteiger partial charge < -0.3 is 10.1 Å². The molecule has 21 heavy (non-hydrogen) atoms. The minimum absolute atomic E-state index is 0.0458. The Labute approximate surface area is 126 Å². The Balaban J connectivity index is 1.98. The predicted octanol–water partition coefficient (Wildman–Crippen LogP) is 4.40. The van der Waals surface area contributed by atoms with Crippen LogP contribution in [0.3, 0.4) is 0 Å². The van der Waals surface area contributed by atoms with E-state index in [0.717, 1.165) is 11.1 Å². The molecule has 0 fully saturated rings. The third kappa shape index (κ3) is 2.74. The third-order valence-corrected chi connectivity index (χ3v) is 4.05. The summed E-state index contributed by atoms with van der Waals surface area (Å²) < 4.78 is 32.5. The zero-order valence-corrected chi connectivity index (χ0v) is 12.1. The summed E-state index contributed by atoms with van der Waals surface area (Å²) in [4.78, 5) is 0. The van der Waals surface area contributed by atoms with Gasteiger partial charge in [-0.15, -0.1) is 0 Å². The van der Waals surface area contributed by atoms with Crippen molar-refractivity contribution in [2.24, 2.45) is 0 Å². The first-order valence-electron chi connectivity index (χ1n) is 6.67. The summed E-state index contributed by atoms with van der Waals surface area (Å²) in [6.07, 6.45) is 0.298. The minimum Gasteiger partial charge on any atom is -0.485 e. The van der Waals surface area contributed by atoms with Crippen LogP contribution < -0.4 is 10.1 Å². The van der Waals surface area contributed by atoms with E-state index in [0.29, 0.717) is 17.2 Å². The maximum Gasteiger partial charge on any atom is 0.127 e. The normalized spacial score (nSPS) is 20.8. The van der Waals surface area contributed by atoms with Crippen molar-refractivity contribution in [2.45, 2.75) is 18.6 Å². The highest BCUT2D eigenvalue weighted by Gasteiger charge is 2.30. The fourth-order valence-electron chi connectivity index (χ4n) is 2.67. The number of hydrogen-bond donors (Lipinski definition) is 1. The second-order valence-corrected chi connectivity index (χ2v) is 5.44. The Morgan fingerprint density at radius 3 is 2.52 bits per heavy atom. The number of hydrogen-bond acceptors (Lipinski definition) is 2. The second-order valence-electron chi connectivity index (χ2n) is 5.03. The Morgan fingerprint density at radius 2 is 1.81 bits per heavy atom. The van der Waals surface area contributed by atoms with Crippen LogP contribution >= 0.6 is 11.6 Å². The van der Waals surface area contributed by atoms with Gasteiger partial charge in [0.15, 0.2) is 0 Å². The molecule has 1 aliphatic rings. The molecule has 1 aliphatic heterocycles. The van der Waals surface area contributed by atoms with E-state index in [2.05, 4.69) is 5.32 Å². The number of halogens is 3. The van der Waals surface area contributed by atoms with Crippen LogP contribution in [-0.2, 0) is 0 Å². The summed E-state index contributed by atoms with van der Waals surface area (Å²) in [5, 5.41) is 3.49. The lowest BCUT2D eigenvalue weighted by Crippen LogP contribution is -2.27. The lowest BCUT2D eigenvalue weighted by molar-refractivity contribution is 0.153. The van der Waals surface area contributed by atoms with Gasteiger partial charge in [-0.2, -0.15) is 0 Å². The SMILES string of the molecule is CNC1CC(c2ccc(F)cc2Cl)Oc2ccc(F)cc21. The molecule has 110 valence electrons. The van der Waals surface area contributed by atoms with Gasteiger partial charge >= 0.3 is 0 Å². The van der Waals surface area contributed by atoms with Crippen LogP contribution in [0.5, 0.6) is 5.75 Å². The van der Waals surface area contributed by atoms with Crippen LogP contribution in [0.4, 0.5) is 8.78 Å². The Bertz CT molecular complexity index is 677. The topological polar surface area (TPSA) is 21.3 Å². The maximum absolute atomic E-state index is 13.4. The smallest absolute Gasteiger partial charge is 0.127 e. The predicted molar refractivity (Wildman–Crippen MR) is 77.6 cm³/mol. The summed E-state index contributed by atoms with van der Waals surface area (Å²) in [5.74, 6) is -0.0598. The molecular formula is C16H14ClF2NO. The molecule has 0 saturated heterocycles. The largest absolute Gasteiger partial charge is 0.485 e. The molecule has 0 aromatic heterocycles. The monoisotopic (exact) mass is 309 g/mol. The van der Waals surface area contributed by atoms with E-state index in [1.165, 1.54) is 24.3 Å². The van der Waals surface area contributed by atoms with Gasteiger partial charge in [-0.25, -0.2) is 8.78 Å². The molecule has 2 nitrogen and oxygen atoms in total. The van der Waals surface area contributed by atoms with Crippen LogP contribution in [-0.4, -0.2) is 7.05 Å². The first-order valence-corrected chi connectivity index (χ1v) is 7.04. The zero-order chi connectivity index (χ0) is 15.0.